The van der Waals surface area contributed by atoms with E-state index in [9.17, 15) is 4.79 Å². The first-order valence-electron chi connectivity index (χ1n) is 6.59. The monoisotopic (exact) mass is 260 g/mol. The molecule has 102 valence electrons. The summed E-state index contributed by atoms with van der Waals surface area (Å²) in [4.78, 5) is 11.4. The molecular formula is C13H28N2OS. The van der Waals surface area contributed by atoms with Gasteiger partial charge in [-0.25, -0.2) is 0 Å². The number of carbonyl (C=O) groups is 1. The lowest BCUT2D eigenvalue weighted by Crippen LogP contribution is -2.53. The molecule has 3 N–H and O–H groups in total. The number of hydrogen-bond acceptors (Lipinski definition) is 3. The Morgan fingerprint density at radius 1 is 1.47 bits per heavy atom. The fourth-order valence-electron chi connectivity index (χ4n) is 1.62. The van der Waals surface area contributed by atoms with E-state index in [0.717, 1.165) is 31.1 Å². The van der Waals surface area contributed by atoms with Gasteiger partial charge < -0.3 is 11.1 Å². The maximum atomic E-state index is 11.4. The molecule has 2 unspecified atom stereocenters. The van der Waals surface area contributed by atoms with Gasteiger partial charge in [-0.1, -0.05) is 27.2 Å². The number of likely N-dealkylation sites (N-methyl/N-ethyl adjacent to an activating group) is 1. The Balaban J connectivity index is 3.80. The van der Waals surface area contributed by atoms with Gasteiger partial charge in [-0.2, -0.15) is 11.8 Å². The molecule has 17 heavy (non-hydrogen) atoms. The van der Waals surface area contributed by atoms with E-state index < -0.39 is 5.54 Å². The summed E-state index contributed by atoms with van der Waals surface area (Å²) in [5, 5.41) is 3.19. The smallest absolute Gasteiger partial charge is 0.237 e. The minimum Gasteiger partial charge on any atom is -0.368 e. The van der Waals surface area contributed by atoms with Gasteiger partial charge in [0, 0.05) is 0 Å². The van der Waals surface area contributed by atoms with Crippen molar-refractivity contribution in [2.45, 2.75) is 52.5 Å². The topological polar surface area (TPSA) is 55.1 Å². The van der Waals surface area contributed by atoms with Crippen molar-refractivity contribution in [3.05, 3.63) is 0 Å². The molecule has 2 atom stereocenters. The molecule has 0 aromatic rings. The first kappa shape index (κ1) is 16.8. The summed E-state index contributed by atoms with van der Waals surface area (Å²) in [6, 6.07) is 0. The van der Waals surface area contributed by atoms with Gasteiger partial charge in [-0.3, -0.25) is 4.79 Å². The van der Waals surface area contributed by atoms with Crippen molar-refractivity contribution in [2.24, 2.45) is 11.7 Å². The van der Waals surface area contributed by atoms with E-state index in [1.54, 1.807) is 0 Å². The van der Waals surface area contributed by atoms with Gasteiger partial charge in [0.2, 0.25) is 5.91 Å². The summed E-state index contributed by atoms with van der Waals surface area (Å²) in [6.07, 6.45) is 3.10. The molecule has 0 spiro atoms. The van der Waals surface area contributed by atoms with Crippen molar-refractivity contribution >= 4 is 17.7 Å². The highest BCUT2D eigenvalue weighted by molar-refractivity contribution is 7.99. The number of rotatable bonds is 10. The fraction of sp³-hybridized carbons (Fsp3) is 0.923. The summed E-state index contributed by atoms with van der Waals surface area (Å²) in [5.74, 6) is 2.87. The minimum absolute atomic E-state index is 0.244. The third-order valence-electron chi connectivity index (χ3n) is 3.18. The van der Waals surface area contributed by atoms with Gasteiger partial charge in [0.1, 0.15) is 0 Å². The quantitative estimate of drug-likeness (QED) is 0.593. The molecule has 0 rings (SSSR count). The van der Waals surface area contributed by atoms with Crippen LogP contribution >= 0.6 is 11.8 Å². The van der Waals surface area contributed by atoms with Crippen molar-refractivity contribution in [1.82, 2.24) is 5.32 Å². The molecular weight excluding hydrogens is 232 g/mol. The third-order valence-corrected chi connectivity index (χ3v) is 4.56. The van der Waals surface area contributed by atoms with E-state index in [1.165, 1.54) is 12.2 Å². The number of amides is 1. The second-order valence-corrected chi connectivity index (χ2v) is 6.07. The lowest BCUT2D eigenvalue weighted by molar-refractivity contribution is -0.124. The summed E-state index contributed by atoms with van der Waals surface area (Å²) in [7, 11) is 0. The molecule has 0 radical (unpaired) electrons. The predicted octanol–water partition coefficient (Wildman–Crippen LogP) is 2.40. The Morgan fingerprint density at radius 2 is 2.12 bits per heavy atom. The molecule has 0 aromatic carbocycles. The van der Waals surface area contributed by atoms with Gasteiger partial charge in [0.15, 0.2) is 0 Å². The first-order chi connectivity index (χ1) is 7.96. The number of primary amides is 1. The molecule has 0 aliphatic carbocycles. The van der Waals surface area contributed by atoms with Crippen LogP contribution < -0.4 is 11.1 Å². The molecule has 4 heteroatoms. The minimum atomic E-state index is -0.536. The van der Waals surface area contributed by atoms with Crippen LogP contribution in [0.3, 0.4) is 0 Å². The standard InChI is InChI=1S/C13H28N2OS/c1-5-11(3)10-17-9-7-8-13(4,12(14)16)15-6-2/h11,15H,5-10H2,1-4H3,(H2,14,16). The van der Waals surface area contributed by atoms with Crippen LogP contribution in [0.5, 0.6) is 0 Å². The third kappa shape index (κ3) is 6.94. The molecule has 0 fully saturated rings. The van der Waals surface area contributed by atoms with Gasteiger partial charge >= 0.3 is 0 Å². The normalized spacial score (nSPS) is 16.5. The van der Waals surface area contributed by atoms with Crippen molar-refractivity contribution in [3.63, 3.8) is 0 Å². The van der Waals surface area contributed by atoms with Gasteiger partial charge in [-0.05, 0) is 43.7 Å². The molecule has 0 heterocycles. The Hall–Kier alpha value is -0.220. The molecule has 0 saturated heterocycles. The number of hydrogen-bond donors (Lipinski definition) is 2. The number of nitrogens with two attached hydrogens (primary N) is 1. The molecule has 0 aromatic heterocycles. The van der Waals surface area contributed by atoms with Crippen LogP contribution in [0.1, 0.15) is 47.0 Å². The average molecular weight is 260 g/mol. The zero-order valence-electron chi connectivity index (χ0n) is 11.7. The van der Waals surface area contributed by atoms with E-state index in [2.05, 4.69) is 19.2 Å². The summed E-state index contributed by atoms with van der Waals surface area (Å²) in [5.41, 5.74) is 4.90. The highest BCUT2D eigenvalue weighted by Crippen LogP contribution is 2.17. The van der Waals surface area contributed by atoms with Crippen LogP contribution in [0.4, 0.5) is 0 Å². The molecule has 1 amide bonds. The second kappa shape index (κ2) is 8.81. The largest absolute Gasteiger partial charge is 0.368 e. The first-order valence-corrected chi connectivity index (χ1v) is 7.74. The summed E-state index contributed by atoms with van der Waals surface area (Å²) in [6.45, 7) is 9.18. The summed E-state index contributed by atoms with van der Waals surface area (Å²) >= 11 is 1.98. The van der Waals surface area contributed by atoms with Crippen LogP contribution in [-0.2, 0) is 4.79 Å². The number of thioether (sulfide) groups is 1. The van der Waals surface area contributed by atoms with Crippen LogP contribution in [0.25, 0.3) is 0 Å². The van der Waals surface area contributed by atoms with E-state index in [4.69, 9.17) is 5.73 Å². The van der Waals surface area contributed by atoms with Crippen LogP contribution in [0.2, 0.25) is 0 Å². The van der Waals surface area contributed by atoms with Gasteiger partial charge in [0.05, 0.1) is 5.54 Å². The van der Waals surface area contributed by atoms with Crippen LogP contribution in [0.15, 0.2) is 0 Å². The van der Waals surface area contributed by atoms with Gasteiger partial charge in [-0.15, -0.1) is 0 Å². The highest BCUT2D eigenvalue weighted by Gasteiger charge is 2.28. The van der Waals surface area contributed by atoms with E-state index in [1.807, 2.05) is 25.6 Å². The fourth-order valence-corrected chi connectivity index (χ4v) is 2.77. The Kier molecular flexibility index (Phi) is 8.70. The zero-order valence-corrected chi connectivity index (χ0v) is 12.5. The van der Waals surface area contributed by atoms with Crippen LogP contribution in [0, 0.1) is 5.92 Å². The van der Waals surface area contributed by atoms with E-state index in [-0.39, 0.29) is 5.91 Å². The molecule has 3 nitrogen and oxygen atoms in total. The molecule has 0 aliphatic heterocycles. The molecule has 0 aliphatic rings. The average Bonchev–Trinajstić information content (AvgIpc) is 2.28. The Labute approximate surface area is 110 Å². The zero-order chi connectivity index (χ0) is 13.3. The van der Waals surface area contributed by atoms with E-state index >= 15 is 0 Å². The Morgan fingerprint density at radius 3 is 2.59 bits per heavy atom. The highest BCUT2D eigenvalue weighted by atomic mass is 32.2. The lowest BCUT2D eigenvalue weighted by atomic mass is 9.95. The SMILES string of the molecule is CCNC(C)(CCCSCC(C)CC)C(N)=O. The number of nitrogens with one attached hydrogen (secondary N) is 1. The lowest BCUT2D eigenvalue weighted by Gasteiger charge is -2.26. The van der Waals surface area contributed by atoms with Crippen molar-refractivity contribution in [1.29, 1.82) is 0 Å². The Bertz CT molecular complexity index is 223. The molecule has 0 bridgehead atoms. The van der Waals surface area contributed by atoms with E-state index in [0.29, 0.717) is 0 Å². The van der Waals surface area contributed by atoms with Crippen LogP contribution in [-0.4, -0.2) is 29.5 Å². The maximum Gasteiger partial charge on any atom is 0.237 e. The van der Waals surface area contributed by atoms with Crippen molar-refractivity contribution in [3.8, 4) is 0 Å². The molecule has 0 saturated carbocycles. The van der Waals surface area contributed by atoms with Crippen molar-refractivity contribution in [2.75, 3.05) is 18.1 Å². The van der Waals surface area contributed by atoms with Gasteiger partial charge in [0.25, 0.3) is 0 Å². The summed E-state index contributed by atoms with van der Waals surface area (Å²) < 4.78 is 0. The predicted molar refractivity (Wildman–Crippen MR) is 77.3 cm³/mol. The number of carbonyl (C=O) groups excluding carboxylic acids is 1. The second-order valence-electron chi connectivity index (χ2n) is 4.92. The van der Waals surface area contributed by atoms with Crippen molar-refractivity contribution < 1.29 is 4.79 Å². The maximum absolute atomic E-state index is 11.4.